The van der Waals surface area contributed by atoms with Gasteiger partial charge in [0, 0.05) is 0 Å². The predicted octanol–water partition coefficient (Wildman–Crippen LogP) is -3.95. The number of halogens is 1. The minimum Gasteiger partial charge on any atom is -1.00 e. The summed E-state index contributed by atoms with van der Waals surface area (Å²) in [6.07, 6.45) is -0.579. The molecule has 0 fully saturated rings. The lowest BCUT2D eigenvalue weighted by Crippen LogP contribution is -3.00. The molecule has 2 N–H and O–H groups in total. The molecule has 0 aliphatic carbocycles. The number of nitrogens with zero attached hydrogens (tertiary/aromatic N) is 1. The molecular formula is C6H16FNO2. The fourth-order valence-electron chi connectivity index (χ4n) is 0.690. The van der Waals surface area contributed by atoms with Gasteiger partial charge in [0.25, 0.3) is 0 Å². The van der Waals surface area contributed by atoms with Crippen molar-refractivity contribution >= 4 is 0 Å². The van der Waals surface area contributed by atoms with Crippen LogP contribution in [0.4, 0.5) is 0 Å². The van der Waals surface area contributed by atoms with E-state index in [1.807, 2.05) is 21.1 Å². The minimum atomic E-state index is -0.579. The van der Waals surface area contributed by atoms with Crippen molar-refractivity contribution in [2.24, 2.45) is 0 Å². The van der Waals surface area contributed by atoms with E-state index in [2.05, 4.69) is 0 Å². The Labute approximate surface area is 60.9 Å². The molecule has 0 saturated carbocycles. The van der Waals surface area contributed by atoms with E-state index in [4.69, 9.17) is 10.2 Å². The zero-order valence-corrected chi connectivity index (χ0v) is 6.71. The Hall–Kier alpha value is -0.190. The van der Waals surface area contributed by atoms with Crippen molar-refractivity contribution in [3.8, 4) is 0 Å². The third-order valence-corrected chi connectivity index (χ3v) is 0.969. The van der Waals surface area contributed by atoms with Crippen LogP contribution in [0.25, 0.3) is 0 Å². The first-order valence-electron chi connectivity index (χ1n) is 3.05. The third kappa shape index (κ3) is 7.81. The molecule has 3 nitrogen and oxygen atoms in total. The Balaban J connectivity index is 0. The van der Waals surface area contributed by atoms with E-state index in [-0.39, 0.29) is 11.3 Å². The van der Waals surface area contributed by atoms with Gasteiger partial charge in [-0.1, -0.05) is 0 Å². The molecule has 0 spiro atoms. The SMILES string of the molecule is C[N+](C)(C)CC(O)CO.[F-]. The summed E-state index contributed by atoms with van der Waals surface area (Å²) in [5.74, 6) is 0. The average molecular weight is 153 g/mol. The van der Waals surface area contributed by atoms with Crippen molar-refractivity contribution in [1.82, 2.24) is 0 Å². The van der Waals surface area contributed by atoms with Gasteiger partial charge in [0.2, 0.25) is 0 Å². The largest absolute Gasteiger partial charge is 1.00 e. The fraction of sp³-hybridized carbons (Fsp3) is 1.00. The second kappa shape index (κ2) is 4.60. The summed E-state index contributed by atoms with van der Waals surface area (Å²) in [6.45, 7) is 0.450. The lowest BCUT2D eigenvalue weighted by molar-refractivity contribution is -0.873. The summed E-state index contributed by atoms with van der Waals surface area (Å²) in [4.78, 5) is 0. The van der Waals surface area contributed by atoms with Crippen LogP contribution in [-0.2, 0) is 0 Å². The Morgan fingerprint density at radius 2 is 1.70 bits per heavy atom. The van der Waals surface area contributed by atoms with Crippen molar-refractivity contribution in [3.63, 3.8) is 0 Å². The molecule has 0 aromatic heterocycles. The lowest BCUT2D eigenvalue weighted by atomic mass is 10.3. The number of hydrogen-bond donors (Lipinski definition) is 2. The van der Waals surface area contributed by atoms with Gasteiger partial charge in [-0.3, -0.25) is 0 Å². The van der Waals surface area contributed by atoms with Crippen LogP contribution >= 0.6 is 0 Å². The predicted molar refractivity (Wildman–Crippen MR) is 36.0 cm³/mol. The van der Waals surface area contributed by atoms with Gasteiger partial charge in [-0.05, 0) is 0 Å². The van der Waals surface area contributed by atoms with Crippen molar-refractivity contribution in [2.75, 3.05) is 34.3 Å². The van der Waals surface area contributed by atoms with Gasteiger partial charge in [-0.25, -0.2) is 0 Å². The average Bonchev–Trinajstić information content (AvgIpc) is 1.62. The Morgan fingerprint density at radius 1 is 1.30 bits per heavy atom. The maximum atomic E-state index is 8.93. The van der Waals surface area contributed by atoms with Gasteiger partial charge in [0.05, 0.1) is 27.7 Å². The Bertz CT molecular complexity index is 82.3. The third-order valence-electron chi connectivity index (χ3n) is 0.969. The molecule has 1 atom stereocenters. The molecule has 64 valence electrons. The van der Waals surface area contributed by atoms with Crippen LogP contribution < -0.4 is 4.70 Å². The second-order valence-electron chi connectivity index (χ2n) is 3.31. The van der Waals surface area contributed by atoms with Gasteiger partial charge in [0.1, 0.15) is 12.6 Å². The zero-order chi connectivity index (χ0) is 7.49. The molecule has 4 heteroatoms. The summed E-state index contributed by atoms with van der Waals surface area (Å²) >= 11 is 0. The maximum absolute atomic E-state index is 8.93. The van der Waals surface area contributed by atoms with Crippen molar-refractivity contribution in [3.05, 3.63) is 0 Å². The summed E-state index contributed by atoms with van der Waals surface area (Å²) in [5, 5.41) is 17.4. The standard InChI is InChI=1S/C6H16NO2.FH/c1-7(2,3)4-6(9)5-8;/h6,8-9H,4-5H2,1-3H3;1H/q+1;/p-1. The molecule has 0 aromatic carbocycles. The Kier molecular flexibility index (Phi) is 5.74. The number of quaternary nitrogens is 1. The monoisotopic (exact) mass is 153 g/mol. The molecule has 0 heterocycles. The summed E-state index contributed by atoms with van der Waals surface area (Å²) < 4.78 is 0.682. The van der Waals surface area contributed by atoms with Crippen LogP contribution in [0, 0.1) is 0 Å². The number of rotatable bonds is 3. The molecule has 0 rings (SSSR count). The first-order chi connectivity index (χ1) is 3.95. The van der Waals surface area contributed by atoms with E-state index in [1.54, 1.807) is 0 Å². The zero-order valence-electron chi connectivity index (χ0n) is 6.71. The molecule has 0 saturated heterocycles. The van der Waals surface area contributed by atoms with E-state index in [9.17, 15) is 0 Å². The summed E-state index contributed by atoms with van der Waals surface area (Å²) in [5.41, 5.74) is 0. The first-order valence-corrected chi connectivity index (χ1v) is 3.05. The lowest BCUT2D eigenvalue weighted by Gasteiger charge is -2.25. The molecule has 0 radical (unpaired) electrons. The van der Waals surface area contributed by atoms with Crippen LogP contribution in [0.5, 0.6) is 0 Å². The van der Waals surface area contributed by atoms with Crippen LogP contribution in [-0.4, -0.2) is 55.1 Å². The van der Waals surface area contributed by atoms with Crippen molar-refractivity contribution in [2.45, 2.75) is 6.10 Å². The number of likely N-dealkylation sites (N-methyl/N-ethyl adjacent to an activating group) is 1. The Morgan fingerprint density at radius 3 is 1.80 bits per heavy atom. The molecule has 0 aliphatic heterocycles. The van der Waals surface area contributed by atoms with Gasteiger partial charge in [-0.15, -0.1) is 0 Å². The highest BCUT2D eigenvalue weighted by molar-refractivity contribution is 4.47. The number of aliphatic hydroxyl groups excluding tert-OH is 2. The van der Waals surface area contributed by atoms with Crippen molar-refractivity contribution < 1.29 is 19.4 Å². The topological polar surface area (TPSA) is 40.5 Å². The molecule has 0 amide bonds. The highest BCUT2D eigenvalue weighted by atomic mass is 19.0. The smallest absolute Gasteiger partial charge is 0.126 e. The normalized spacial score (nSPS) is 14.1. The first kappa shape index (κ1) is 12.5. The highest BCUT2D eigenvalue weighted by Crippen LogP contribution is 1.92. The molecule has 0 aliphatic rings. The summed E-state index contributed by atoms with van der Waals surface area (Å²) in [6, 6.07) is 0. The van der Waals surface area contributed by atoms with E-state index in [0.717, 1.165) is 0 Å². The van der Waals surface area contributed by atoms with Gasteiger partial charge in [0.15, 0.2) is 0 Å². The molecule has 0 bridgehead atoms. The van der Waals surface area contributed by atoms with Crippen LogP contribution in [0.2, 0.25) is 0 Å². The van der Waals surface area contributed by atoms with E-state index in [0.29, 0.717) is 11.0 Å². The van der Waals surface area contributed by atoms with Gasteiger partial charge < -0.3 is 19.4 Å². The van der Waals surface area contributed by atoms with Crippen molar-refractivity contribution in [1.29, 1.82) is 0 Å². The quantitative estimate of drug-likeness (QED) is 0.406. The minimum absolute atomic E-state index is 0. The molecular weight excluding hydrogens is 137 g/mol. The maximum Gasteiger partial charge on any atom is 0.126 e. The number of hydrogen-bond acceptors (Lipinski definition) is 2. The van der Waals surface area contributed by atoms with E-state index < -0.39 is 6.10 Å². The van der Waals surface area contributed by atoms with Crippen LogP contribution in [0.15, 0.2) is 0 Å². The highest BCUT2D eigenvalue weighted by Gasteiger charge is 2.13. The fourth-order valence-corrected chi connectivity index (χ4v) is 0.690. The van der Waals surface area contributed by atoms with Crippen LogP contribution in [0.1, 0.15) is 0 Å². The second-order valence-corrected chi connectivity index (χ2v) is 3.31. The van der Waals surface area contributed by atoms with Crippen LogP contribution in [0.3, 0.4) is 0 Å². The van der Waals surface area contributed by atoms with E-state index >= 15 is 0 Å². The number of aliphatic hydroxyl groups is 2. The van der Waals surface area contributed by atoms with Gasteiger partial charge in [-0.2, -0.15) is 0 Å². The van der Waals surface area contributed by atoms with Gasteiger partial charge >= 0.3 is 0 Å². The van der Waals surface area contributed by atoms with E-state index in [1.165, 1.54) is 0 Å². The molecule has 1 unspecified atom stereocenters. The molecule has 0 aromatic rings. The summed E-state index contributed by atoms with van der Waals surface area (Å²) in [7, 11) is 5.91. The molecule has 10 heavy (non-hydrogen) atoms.